The van der Waals surface area contributed by atoms with E-state index in [0.717, 1.165) is 34.9 Å². The summed E-state index contributed by atoms with van der Waals surface area (Å²) in [5.74, 6) is 2.41. The normalized spacial score (nSPS) is 17.9. The van der Waals surface area contributed by atoms with Gasteiger partial charge in [0.25, 0.3) is 0 Å². The van der Waals surface area contributed by atoms with Crippen LogP contribution in [0.5, 0.6) is 0 Å². The highest BCUT2D eigenvalue weighted by Crippen LogP contribution is 2.43. The van der Waals surface area contributed by atoms with Gasteiger partial charge in [0.05, 0.1) is 18.0 Å². The van der Waals surface area contributed by atoms with Gasteiger partial charge in [-0.15, -0.1) is 11.3 Å². The van der Waals surface area contributed by atoms with Gasteiger partial charge in [0, 0.05) is 10.8 Å². The number of benzene rings is 1. The highest BCUT2D eigenvalue weighted by Gasteiger charge is 2.30. The maximum atomic E-state index is 9.99. The van der Waals surface area contributed by atoms with Crippen LogP contribution in [0.25, 0.3) is 10.2 Å². The van der Waals surface area contributed by atoms with Crippen LogP contribution in [-0.2, 0) is 12.8 Å². The summed E-state index contributed by atoms with van der Waals surface area (Å²) in [6, 6.07) is 9.98. The fraction of sp³-hybridized carbons (Fsp3) is 0.429. The summed E-state index contributed by atoms with van der Waals surface area (Å²) in [6.45, 7) is 0.0423. The van der Waals surface area contributed by atoms with Gasteiger partial charge in [-0.05, 0) is 49.7 Å². The molecule has 0 amide bonds. The lowest BCUT2D eigenvalue weighted by Crippen LogP contribution is -2.16. The lowest BCUT2D eigenvalue weighted by molar-refractivity contribution is 0.276. The molecule has 5 rings (SSSR count). The first-order valence-corrected chi connectivity index (χ1v) is 10.4. The van der Waals surface area contributed by atoms with Gasteiger partial charge in [0.2, 0.25) is 0 Å². The van der Waals surface area contributed by atoms with Crippen LogP contribution in [0.4, 0.5) is 5.82 Å². The summed E-state index contributed by atoms with van der Waals surface area (Å²) in [6.07, 6.45) is 7.18. The molecule has 0 spiro atoms. The molecule has 2 aliphatic rings. The zero-order chi connectivity index (χ0) is 17.5. The number of hydrogen-bond acceptors (Lipinski definition) is 5. The van der Waals surface area contributed by atoms with Gasteiger partial charge in [-0.3, -0.25) is 0 Å². The molecule has 26 heavy (non-hydrogen) atoms. The molecule has 5 heteroatoms. The molecule has 2 aromatic heterocycles. The molecular formula is C21H23N3OS. The van der Waals surface area contributed by atoms with Crippen LogP contribution in [0.1, 0.15) is 59.5 Å². The summed E-state index contributed by atoms with van der Waals surface area (Å²) < 4.78 is 0. The molecule has 1 fully saturated rings. The highest BCUT2D eigenvalue weighted by molar-refractivity contribution is 7.19. The van der Waals surface area contributed by atoms with Crippen LogP contribution >= 0.6 is 11.3 Å². The molecule has 1 saturated carbocycles. The van der Waals surface area contributed by atoms with Gasteiger partial charge in [-0.1, -0.05) is 30.3 Å². The van der Waals surface area contributed by atoms with E-state index in [-0.39, 0.29) is 12.6 Å². The van der Waals surface area contributed by atoms with Crippen molar-refractivity contribution in [2.24, 2.45) is 0 Å². The molecule has 0 saturated heterocycles. The minimum absolute atomic E-state index is 0.0423. The summed E-state index contributed by atoms with van der Waals surface area (Å²) in [5, 5.41) is 14.7. The van der Waals surface area contributed by atoms with Crippen molar-refractivity contribution >= 4 is 27.4 Å². The first kappa shape index (κ1) is 16.2. The Morgan fingerprint density at radius 2 is 1.92 bits per heavy atom. The molecule has 1 atom stereocenters. The van der Waals surface area contributed by atoms with Gasteiger partial charge < -0.3 is 10.4 Å². The average molecular weight is 366 g/mol. The Labute approximate surface area is 157 Å². The van der Waals surface area contributed by atoms with Gasteiger partial charge >= 0.3 is 0 Å². The van der Waals surface area contributed by atoms with Crippen LogP contribution in [0, 0.1) is 0 Å². The maximum absolute atomic E-state index is 9.99. The lowest BCUT2D eigenvalue weighted by atomic mass is 9.97. The minimum Gasteiger partial charge on any atom is -0.394 e. The SMILES string of the molecule is OCC(Nc1nc(C2CC2)nc2sc3c(c12)CCCC3)c1ccccc1. The van der Waals surface area contributed by atoms with Crippen LogP contribution in [-0.4, -0.2) is 21.7 Å². The second-order valence-corrected chi connectivity index (χ2v) is 8.47. The van der Waals surface area contributed by atoms with Gasteiger partial charge in [-0.25, -0.2) is 9.97 Å². The molecule has 2 N–H and O–H groups in total. The number of aromatic nitrogens is 2. The quantitative estimate of drug-likeness (QED) is 0.694. The Bertz CT molecular complexity index is 933. The largest absolute Gasteiger partial charge is 0.394 e. The first-order valence-electron chi connectivity index (χ1n) is 9.58. The number of nitrogens with one attached hydrogen (secondary N) is 1. The summed E-state index contributed by atoms with van der Waals surface area (Å²) >= 11 is 1.85. The number of aliphatic hydroxyl groups excluding tert-OH is 1. The van der Waals surface area contributed by atoms with Crippen LogP contribution in [0.2, 0.25) is 0 Å². The topological polar surface area (TPSA) is 58.0 Å². The predicted molar refractivity (Wildman–Crippen MR) is 106 cm³/mol. The number of rotatable bonds is 5. The van der Waals surface area contributed by atoms with Crippen molar-refractivity contribution < 1.29 is 5.11 Å². The second-order valence-electron chi connectivity index (χ2n) is 7.39. The van der Waals surface area contributed by atoms with E-state index >= 15 is 0 Å². The van der Waals surface area contributed by atoms with Crippen LogP contribution < -0.4 is 5.32 Å². The van der Waals surface area contributed by atoms with Crippen molar-refractivity contribution in [3.63, 3.8) is 0 Å². The van der Waals surface area contributed by atoms with Gasteiger partial charge in [0.1, 0.15) is 16.5 Å². The molecule has 1 unspecified atom stereocenters. The predicted octanol–water partition coefficient (Wildman–Crippen LogP) is 4.59. The summed E-state index contributed by atoms with van der Waals surface area (Å²) in [7, 11) is 0. The molecular weight excluding hydrogens is 342 g/mol. The van der Waals surface area contributed by atoms with E-state index in [1.165, 1.54) is 41.5 Å². The van der Waals surface area contributed by atoms with Crippen molar-refractivity contribution in [3.05, 3.63) is 52.2 Å². The Balaban J connectivity index is 1.61. The molecule has 134 valence electrons. The highest BCUT2D eigenvalue weighted by atomic mass is 32.1. The van der Waals surface area contributed by atoms with Crippen molar-refractivity contribution in [2.45, 2.75) is 50.5 Å². The smallest absolute Gasteiger partial charge is 0.139 e. The Morgan fingerprint density at radius 3 is 2.69 bits per heavy atom. The number of aryl methyl sites for hydroxylation is 2. The molecule has 1 aromatic carbocycles. The molecule has 0 radical (unpaired) electrons. The monoisotopic (exact) mass is 365 g/mol. The van der Waals surface area contributed by atoms with Crippen molar-refractivity contribution in [3.8, 4) is 0 Å². The summed E-state index contributed by atoms with van der Waals surface area (Å²) in [5.41, 5.74) is 2.52. The van der Waals surface area contributed by atoms with Crippen LogP contribution in [0.3, 0.4) is 0 Å². The number of hydrogen-bond donors (Lipinski definition) is 2. The van der Waals surface area contributed by atoms with Crippen molar-refractivity contribution in [1.29, 1.82) is 0 Å². The fourth-order valence-corrected chi connectivity index (χ4v) is 5.16. The Morgan fingerprint density at radius 1 is 1.12 bits per heavy atom. The third-order valence-corrected chi connectivity index (χ3v) is 6.66. The van der Waals surface area contributed by atoms with E-state index in [2.05, 4.69) is 17.4 Å². The lowest BCUT2D eigenvalue weighted by Gasteiger charge is -2.19. The molecule has 2 aliphatic carbocycles. The van der Waals surface area contributed by atoms with E-state index in [0.29, 0.717) is 5.92 Å². The van der Waals surface area contributed by atoms with Gasteiger partial charge in [-0.2, -0.15) is 0 Å². The second kappa shape index (κ2) is 6.63. The van der Waals surface area contributed by atoms with Crippen molar-refractivity contribution in [1.82, 2.24) is 9.97 Å². The van der Waals surface area contributed by atoms with E-state index in [9.17, 15) is 5.11 Å². The molecule has 2 heterocycles. The Hall–Kier alpha value is -1.98. The number of anilines is 1. The minimum atomic E-state index is -0.152. The van der Waals surface area contributed by atoms with E-state index in [1.807, 2.05) is 29.5 Å². The number of nitrogens with zero attached hydrogens (tertiary/aromatic N) is 2. The van der Waals surface area contributed by atoms with E-state index in [4.69, 9.17) is 9.97 Å². The third-order valence-electron chi connectivity index (χ3n) is 5.47. The molecule has 0 aliphatic heterocycles. The zero-order valence-electron chi connectivity index (χ0n) is 14.7. The molecule has 4 nitrogen and oxygen atoms in total. The van der Waals surface area contributed by atoms with Gasteiger partial charge in [0.15, 0.2) is 0 Å². The third kappa shape index (κ3) is 2.89. The molecule has 3 aromatic rings. The number of thiophene rings is 1. The number of aliphatic hydroxyl groups is 1. The van der Waals surface area contributed by atoms with Crippen LogP contribution in [0.15, 0.2) is 30.3 Å². The van der Waals surface area contributed by atoms with E-state index in [1.54, 1.807) is 0 Å². The number of fused-ring (bicyclic) bond motifs is 3. The Kier molecular flexibility index (Phi) is 4.14. The first-order chi connectivity index (χ1) is 12.8. The van der Waals surface area contributed by atoms with Crippen molar-refractivity contribution in [2.75, 3.05) is 11.9 Å². The average Bonchev–Trinajstić information content (AvgIpc) is 3.47. The standard InChI is InChI=1S/C21H23N3OS/c25-12-16(13-6-2-1-3-7-13)22-20-18-15-8-4-5-9-17(15)26-21(18)24-19(23-20)14-10-11-14/h1-3,6-7,14,16,25H,4-5,8-12H2,(H,22,23,24). The molecule has 0 bridgehead atoms. The summed E-state index contributed by atoms with van der Waals surface area (Å²) in [4.78, 5) is 12.5. The fourth-order valence-electron chi connectivity index (χ4n) is 3.89. The maximum Gasteiger partial charge on any atom is 0.139 e. The zero-order valence-corrected chi connectivity index (χ0v) is 15.6. The van der Waals surface area contributed by atoms with E-state index < -0.39 is 0 Å².